The lowest BCUT2D eigenvalue weighted by Gasteiger charge is -2.28. The van der Waals surface area contributed by atoms with Crippen LogP contribution in [0.3, 0.4) is 0 Å². The second-order valence-corrected chi connectivity index (χ2v) is 18.8. The van der Waals surface area contributed by atoms with E-state index in [1.807, 2.05) is 107 Å². The van der Waals surface area contributed by atoms with Gasteiger partial charge in [-0.05, 0) is 74.3 Å². The number of unbranched alkanes of at least 4 members (excludes halogenated alkanes) is 1. The van der Waals surface area contributed by atoms with Crippen molar-refractivity contribution in [1.29, 1.82) is 0 Å². The first kappa shape index (κ1) is 44.7. The van der Waals surface area contributed by atoms with Crippen LogP contribution >= 0.6 is 11.8 Å². The molecule has 7 atom stereocenters. The number of urea groups is 1. The number of rotatable bonds is 23. The van der Waals surface area contributed by atoms with Gasteiger partial charge >= 0.3 is 6.03 Å². The average Bonchev–Trinajstić information content (AvgIpc) is 3.68. The number of aryl methyl sites for hydroxylation is 1. The largest absolute Gasteiger partial charge is 0.344 e. The lowest BCUT2D eigenvalue weighted by atomic mass is 9.91. The van der Waals surface area contributed by atoms with Gasteiger partial charge in [-0.15, -0.1) is 0 Å². The van der Waals surface area contributed by atoms with Crippen molar-refractivity contribution >= 4 is 47.2 Å². The molecule has 2 heterocycles. The van der Waals surface area contributed by atoms with E-state index in [1.54, 1.807) is 0 Å². The second-order valence-electron chi connectivity index (χ2n) is 17.6. The molecule has 1 unspecified atom stereocenters. The summed E-state index contributed by atoms with van der Waals surface area (Å²) in [6.07, 6.45) is 6.03. The normalized spacial score (nSPS) is 21.2. The Labute approximate surface area is 348 Å². The third-order valence-corrected chi connectivity index (χ3v) is 13.0. The number of thioether (sulfide) groups is 1. The minimum atomic E-state index is -1.00. The number of hydrogen-bond acceptors (Lipinski definition) is 7. The van der Waals surface area contributed by atoms with Crippen molar-refractivity contribution in [2.45, 2.75) is 147 Å². The molecule has 58 heavy (non-hydrogen) atoms. The highest BCUT2D eigenvalue weighted by Crippen LogP contribution is 2.47. The fourth-order valence-electron chi connectivity index (χ4n) is 7.90. The van der Waals surface area contributed by atoms with Crippen LogP contribution in [0, 0.1) is 17.3 Å². The standard InChI is InChI=1S/C45H64N6O6S/c1-28(2)24-33(40(53)45(5)22-23-45)47-43(56)35(26-31-16-10-7-11-17-31)49-42(55)34(25-29(3)4)48-41(54)32(21-20-30-14-8-6-9-15-30)46-38(52)19-13-12-18-37-39-36(27-58-37)50-44(57)51-39/h6-11,14-17,28-29,32-37,39H,12-13,18-27H2,1-5H3,(H,46,52)(H,47,56)(H,48,54)(H,49,55)(H2,50,51,57)/t32-,33-,34-,35-,36-,37?,39-/m0/s1. The SMILES string of the molecule is CC(C)C[C@H](NC(=O)[C@H](CCc1ccccc1)NC(=O)CCCCC1SC[C@@H]2NC(=O)N[C@H]12)C(=O)N[C@@H](Cc1ccccc1)C(=O)N[C@@H](CC(C)C)C(=O)C1(C)CC1. The Balaban J connectivity index is 1.25. The molecule has 0 bridgehead atoms. The molecule has 12 nitrogen and oxygen atoms in total. The molecule has 0 radical (unpaired) electrons. The van der Waals surface area contributed by atoms with Gasteiger partial charge in [0.1, 0.15) is 18.1 Å². The minimum absolute atomic E-state index is 0.0174. The molecule has 5 rings (SSSR count). The van der Waals surface area contributed by atoms with Crippen molar-refractivity contribution < 1.29 is 28.8 Å². The number of hydrogen-bond donors (Lipinski definition) is 6. The number of carbonyl (C=O) groups is 6. The van der Waals surface area contributed by atoms with Gasteiger partial charge in [0, 0.05) is 29.3 Å². The highest BCUT2D eigenvalue weighted by atomic mass is 32.2. The van der Waals surface area contributed by atoms with Gasteiger partial charge in [-0.25, -0.2) is 4.79 Å². The Morgan fingerprint density at radius 2 is 1.29 bits per heavy atom. The third kappa shape index (κ3) is 13.3. The van der Waals surface area contributed by atoms with Crippen LogP contribution in [-0.4, -0.2) is 82.7 Å². The van der Waals surface area contributed by atoms with Crippen LogP contribution in [0.5, 0.6) is 0 Å². The molecule has 3 aliphatic rings. The maximum atomic E-state index is 14.2. The first-order chi connectivity index (χ1) is 27.7. The van der Waals surface area contributed by atoms with Gasteiger partial charge in [-0.2, -0.15) is 11.8 Å². The highest BCUT2D eigenvalue weighted by molar-refractivity contribution is 8.00. The summed E-state index contributed by atoms with van der Waals surface area (Å²) in [6.45, 7) is 9.88. The monoisotopic (exact) mass is 816 g/mol. The molecule has 1 aliphatic carbocycles. The first-order valence-electron chi connectivity index (χ1n) is 21.2. The topological polar surface area (TPSA) is 175 Å². The Bertz CT molecular complexity index is 1720. The van der Waals surface area contributed by atoms with E-state index in [1.165, 1.54) is 0 Å². The van der Waals surface area contributed by atoms with Crippen LogP contribution in [0.15, 0.2) is 60.7 Å². The van der Waals surface area contributed by atoms with Gasteiger partial charge in [-0.3, -0.25) is 24.0 Å². The lowest BCUT2D eigenvalue weighted by molar-refractivity contribution is -0.135. The number of Topliss-reactive ketones (excluding diaryl/α,β-unsaturated/α-hetero) is 1. The molecule has 2 saturated heterocycles. The van der Waals surface area contributed by atoms with E-state index in [9.17, 15) is 28.8 Å². The van der Waals surface area contributed by atoms with Crippen LogP contribution in [0.1, 0.15) is 104 Å². The molecule has 2 aliphatic heterocycles. The fourth-order valence-corrected chi connectivity index (χ4v) is 9.45. The predicted molar refractivity (Wildman–Crippen MR) is 228 cm³/mol. The van der Waals surface area contributed by atoms with Crippen LogP contribution in [0.25, 0.3) is 0 Å². The number of fused-ring (bicyclic) bond motifs is 1. The quantitative estimate of drug-likeness (QED) is 0.0677. The lowest BCUT2D eigenvalue weighted by Crippen LogP contribution is -2.58. The van der Waals surface area contributed by atoms with Crippen molar-refractivity contribution in [1.82, 2.24) is 31.9 Å². The smallest absolute Gasteiger partial charge is 0.315 e. The van der Waals surface area contributed by atoms with E-state index in [0.717, 1.165) is 42.6 Å². The minimum Gasteiger partial charge on any atom is -0.344 e. The zero-order valence-electron chi connectivity index (χ0n) is 34.8. The molecule has 0 spiro atoms. The van der Waals surface area contributed by atoms with Gasteiger partial charge in [0.25, 0.3) is 0 Å². The summed E-state index contributed by atoms with van der Waals surface area (Å²) in [5.74, 6) is -0.573. The molecule has 1 saturated carbocycles. The maximum Gasteiger partial charge on any atom is 0.315 e. The van der Waals surface area contributed by atoms with Gasteiger partial charge in [0.05, 0.1) is 18.1 Å². The summed E-state index contributed by atoms with van der Waals surface area (Å²) >= 11 is 1.84. The highest BCUT2D eigenvalue weighted by Gasteiger charge is 2.48. The molecule has 2 aromatic carbocycles. The van der Waals surface area contributed by atoms with E-state index in [2.05, 4.69) is 31.9 Å². The Hall–Kier alpha value is -4.39. The van der Waals surface area contributed by atoms with E-state index in [0.29, 0.717) is 37.4 Å². The number of benzene rings is 2. The summed E-state index contributed by atoms with van der Waals surface area (Å²) in [6, 6.07) is 15.7. The van der Waals surface area contributed by atoms with Crippen LogP contribution in [0.2, 0.25) is 0 Å². The molecule has 6 N–H and O–H groups in total. The molecular formula is C45H64N6O6S. The van der Waals surface area contributed by atoms with E-state index in [4.69, 9.17) is 0 Å². The molecule has 2 aromatic rings. The summed E-state index contributed by atoms with van der Waals surface area (Å²) in [4.78, 5) is 81.0. The predicted octanol–water partition coefficient (Wildman–Crippen LogP) is 4.99. The Kier molecular flexibility index (Phi) is 16.2. The van der Waals surface area contributed by atoms with Gasteiger partial charge < -0.3 is 31.9 Å². The van der Waals surface area contributed by atoms with Crippen LogP contribution in [0.4, 0.5) is 4.79 Å². The molecule has 13 heteroatoms. The number of ketones is 1. The molecule has 6 amide bonds. The summed E-state index contributed by atoms with van der Waals surface area (Å²) < 4.78 is 0. The van der Waals surface area contributed by atoms with Crippen molar-refractivity contribution in [2.24, 2.45) is 17.3 Å². The zero-order valence-corrected chi connectivity index (χ0v) is 35.6. The Morgan fingerprint density at radius 3 is 1.93 bits per heavy atom. The molecule has 0 aromatic heterocycles. The number of amides is 6. The number of nitrogens with one attached hydrogen (secondary N) is 6. The summed E-state index contributed by atoms with van der Waals surface area (Å²) in [7, 11) is 0. The average molecular weight is 817 g/mol. The Morgan fingerprint density at radius 1 is 0.724 bits per heavy atom. The second kappa shape index (κ2) is 21.0. The van der Waals surface area contributed by atoms with E-state index in [-0.39, 0.29) is 54.5 Å². The van der Waals surface area contributed by atoms with Crippen molar-refractivity contribution in [3.8, 4) is 0 Å². The molecule has 316 valence electrons. The van der Waals surface area contributed by atoms with E-state index < -0.39 is 47.3 Å². The molecule has 3 fully saturated rings. The van der Waals surface area contributed by atoms with Crippen LogP contribution in [-0.2, 0) is 36.8 Å². The van der Waals surface area contributed by atoms with Crippen molar-refractivity contribution in [3.05, 3.63) is 71.8 Å². The fraction of sp³-hybridized carbons (Fsp3) is 0.600. The summed E-state index contributed by atoms with van der Waals surface area (Å²) in [5.41, 5.74) is 1.42. The van der Waals surface area contributed by atoms with Gasteiger partial charge in [0.2, 0.25) is 23.6 Å². The third-order valence-electron chi connectivity index (χ3n) is 11.5. The van der Waals surface area contributed by atoms with Crippen molar-refractivity contribution in [3.63, 3.8) is 0 Å². The molecular weight excluding hydrogens is 753 g/mol. The maximum absolute atomic E-state index is 14.2. The first-order valence-corrected chi connectivity index (χ1v) is 22.3. The van der Waals surface area contributed by atoms with E-state index >= 15 is 0 Å². The van der Waals surface area contributed by atoms with Gasteiger partial charge in [0.15, 0.2) is 5.78 Å². The van der Waals surface area contributed by atoms with Crippen molar-refractivity contribution in [2.75, 3.05) is 5.75 Å². The summed E-state index contributed by atoms with van der Waals surface area (Å²) in [5, 5.41) is 18.1. The zero-order chi connectivity index (χ0) is 41.8. The van der Waals surface area contributed by atoms with Crippen LogP contribution < -0.4 is 31.9 Å². The van der Waals surface area contributed by atoms with Gasteiger partial charge in [-0.1, -0.05) is 102 Å². The number of carbonyl (C=O) groups excluding carboxylic acids is 6.